The molecule has 1 atom stereocenters. The third-order valence-electron chi connectivity index (χ3n) is 1.09. The van der Waals surface area contributed by atoms with Crippen LogP contribution in [0.4, 0.5) is 0 Å². The Kier molecular flexibility index (Phi) is 3.18. The van der Waals surface area contributed by atoms with Crippen molar-refractivity contribution in [1.29, 1.82) is 0 Å². The predicted octanol–water partition coefficient (Wildman–Crippen LogP) is -1.23. The molecule has 7 heteroatoms. The Labute approximate surface area is 73.0 Å². The number of tetrazole rings is 1. The minimum Gasteiger partial charge on any atom is -0.384 e. The van der Waals surface area contributed by atoms with E-state index in [2.05, 4.69) is 15.5 Å². The molecule has 0 aromatic carbocycles. The smallest absolute Gasteiger partial charge is 0.230 e. The van der Waals surface area contributed by atoms with Crippen molar-refractivity contribution in [3.05, 3.63) is 0 Å². The number of hydrogen-bond acceptors (Lipinski definition) is 6. The molecule has 1 N–H and O–H groups in total. The van der Waals surface area contributed by atoms with Crippen molar-refractivity contribution in [1.82, 2.24) is 20.2 Å². The van der Waals surface area contributed by atoms with Crippen molar-refractivity contribution in [2.24, 2.45) is 7.05 Å². The van der Waals surface area contributed by atoms with Crippen LogP contribution in [0.3, 0.4) is 0 Å². The van der Waals surface area contributed by atoms with Crippen molar-refractivity contribution in [3.8, 4) is 0 Å². The van der Waals surface area contributed by atoms with Crippen LogP contribution in [0.25, 0.3) is 0 Å². The van der Waals surface area contributed by atoms with Gasteiger partial charge >= 0.3 is 0 Å². The van der Waals surface area contributed by atoms with E-state index in [1.165, 1.54) is 22.7 Å². The summed E-state index contributed by atoms with van der Waals surface area (Å²) in [6.45, 7) is 0. The number of hydrogen-bond donors (Lipinski definition) is 1. The molecule has 0 aliphatic heterocycles. The first-order valence-electron chi connectivity index (χ1n) is 3.15. The van der Waals surface area contributed by atoms with Gasteiger partial charge in [-0.1, -0.05) is 11.8 Å². The minimum atomic E-state index is -1.08. The lowest BCUT2D eigenvalue weighted by atomic mass is 10.5. The van der Waals surface area contributed by atoms with E-state index in [1.54, 1.807) is 7.05 Å². The topological polar surface area (TPSA) is 80.9 Å². The molecular weight excluding hydrogens is 180 g/mol. The molecule has 0 fully saturated rings. The van der Waals surface area contributed by atoms with Gasteiger partial charge in [-0.25, -0.2) is 4.68 Å². The minimum absolute atomic E-state index is 0.220. The van der Waals surface area contributed by atoms with Crippen LogP contribution in [0.1, 0.15) is 0 Å². The summed E-state index contributed by atoms with van der Waals surface area (Å²) in [6.07, 6.45) is 0.377. The Morgan fingerprint density at radius 2 is 2.58 bits per heavy atom. The Balaban J connectivity index is 2.43. The molecule has 1 aromatic rings. The van der Waals surface area contributed by atoms with Crippen molar-refractivity contribution >= 4 is 18.0 Å². The first-order chi connectivity index (χ1) is 5.74. The van der Waals surface area contributed by atoms with Crippen LogP contribution in [-0.4, -0.2) is 43.5 Å². The molecule has 65 valence electrons. The van der Waals surface area contributed by atoms with Crippen molar-refractivity contribution < 1.29 is 9.90 Å². The van der Waals surface area contributed by atoms with Gasteiger partial charge in [0.15, 0.2) is 0 Å². The number of aromatic nitrogens is 4. The van der Waals surface area contributed by atoms with Gasteiger partial charge in [0.2, 0.25) is 11.4 Å². The van der Waals surface area contributed by atoms with Crippen LogP contribution < -0.4 is 0 Å². The lowest BCUT2D eigenvalue weighted by molar-refractivity contribution is 0.258. The summed E-state index contributed by atoms with van der Waals surface area (Å²) < 4.78 is 1.46. The van der Waals surface area contributed by atoms with Gasteiger partial charge in [-0.05, 0) is 10.4 Å². The molecule has 0 amide bonds. The third-order valence-corrected chi connectivity index (χ3v) is 2.17. The average Bonchev–Trinajstić information content (AvgIpc) is 2.47. The van der Waals surface area contributed by atoms with Crippen LogP contribution in [-0.2, 0) is 11.8 Å². The molecule has 1 unspecified atom stereocenters. The van der Waals surface area contributed by atoms with E-state index >= 15 is 0 Å². The molecule has 1 aromatic heterocycles. The number of aliphatic hydroxyl groups is 1. The van der Waals surface area contributed by atoms with E-state index in [1.807, 2.05) is 0 Å². The maximum Gasteiger partial charge on any atom is 0.230 e. The highest BCUT2D eigenvalue weighted by molar-refractivity contribution is 7.99. The summed E-state index contributed by atoms with van der Waals surface area (Å²) in [7, 11) is 1.68. The van der Waals surface area contributed by atoms with Gasteiger partial charge in [0.25, 0.3) is 0 Å². The molecule has 12 heavy (non-hydrogen) atoms. The Morgan fingerprint density at radius 3 is 3.08 bits per heavy atom. The molecule has 1 heterocycles. The maximum atomic E-state index is 9.90. The van der Waals surface area contributed by atoms with E-state index in [9.17, 15) is 4.79 Å². The first-order valence-corrected chi connectivity index (χ1v) is 4.13. The number of thioether (sulfide) groups is 1. The maximum absolute atomic E-state index is 9.90. The molecule has 0 spiro atoms. The van der Waals surface area contributed by atoms with E-state index in [4.69, 9.17) is 5.11 Å². The fourth-order valence-electron chi connectivity index (χ4n) is 0.531. The van der Waals surface area contributed by atoms with Crippen LogP contribution >= 0.6 is 11.8 Å². The van der Waals surface area contributed by atoms with Crippen molar-refractivity contribution in [2.45, 2.75) is 11.3 Å². The molecule has 0 saturated carbocycles. The standard InChI is InChI=1S/C5H7N4O2S/c1-9-5(6-7-8-9)12-3-4(11)2-10/h4,11H,3H2,1H3. The van der Waals surface area contributed by atoms with Gasteiger partial charge in [-0.15, -0.1) is 5.10 Å². The van der Waals surface area contributed by atoms with Gasteiger partial charge in [0.05, 0.1) is 0 Å². The summed E-state index contributed by atoms with van der Waals surface area (Å²) >= 11 is 1.20. The second kappa shape index (κ2) is 4.17. The summed E-state index contributed by atoms with van der Waals surface area (Å²) in [6, 6.07) is 0. The van der Waals surface area contributed by atoms with Gasteiger partial charge in [0, 0.05) is 12.8 Å². The highest BCUT2D eigenvalue weighted by Gasteiger charge is 2.07. The normalized spacial score (nSPS) is 12.8. The van der Waals surface area contributed by atoms with Gasteiger partial charge in [-0.2, -0.15) is 0 Å². The molecule has 6 nitrogen and oxygen atoms in total. The van der Waals surface area contributed by atoms with E-state index in [-0.39, 0.29) is 5.75 Å². The molecule has 0 bridgehead atoms. The van der Waals surface area contributed by atoms with E-state index < -0.39 is 6.10 Å². The number of aryl methyl sites for hydroxylation is 1. The fraction of sp³-hybridized carbons (Fsp3) is 0.600. The molecule has 1 radical (unpaired) electrons. The quantitative estimate of drug-likeness (QED) is 0.594. The zero-order valence-electron chi connectivity index (χ0n) is 6.34. The Hall–Kier alpha value is -0.950. The average molecular weight is 187 g/mol. The predicted molar refractivity (Wildman–Crippen MR) is 41.2 cm³/mol. The number of nitrogens with zero attached hydrogens (tertiary/aromatic N) is 4. The number of rotatable bonds is 4. The number of carbonyl (C=O) groups excluding carboxylic acids is 1. The zero-order chi connectivity index (χ0) is 8.97. The Morgan fingerprint density at radius 1 is 1.83 bits per heavy atom. The van der Waals surface area contributed by atoms with Crippen molar-refractivity contribution in [2.75, 3.05) is 5.75 Å². The zero-order valence-corrected chi connectivity index (χ0v) is 7.15. The van der Waals surface area contributed by atoms with Gasteiger partial charge in [-0.3, -0.25) is 4.79 Å². The lowest BCUT2D eigenvalue weighted by Crippen LogP contribution is -2.11. The van der Waals surface area contributed by atoms with Gasteiger partial charge in [0.1, 0.15) is 6.10 Å². The largest absolute Gasteiger partial charge is 0.384 e. The lowest BCUT2D eigenvalue weighted by Gasteiger charge is -1.98. The SMILES string of the molecule is Cn1nnnc1SCC(O)[C]=O. The van der Waals surface area contributed by atoms with Crippen LogP contribution in [0.2, 0.25) is 0 Å². The van der Waals surface area contributed by atoms with E-state index in [0.29, 0.717) is 5.16 Å². The molecular formula is C5H7N4O2S. The molecule has 0 aliphatic rings. The second-order valence-corrected chi connectivity index (χ2v) is 3.02. The summed E-state index contributed by atoms with van der Waals surface area (Å²) in [5, 5.41) is 20.0. The summed E-state index contributed by atoms with van der Waals surface area (Å²) in [5.74, 6) is 0.220. The molecule has 0 saturated heterocycles. The number of aliphatic hydroxyl groups excluding tert-OH is 1. The summed E-state index contributed by atoms with van der Waals surface area (Å²) in [4.78, 5) is 9.90. The fourth-order valence-corrected chi connectivity index (χ4v) is 1.22. The molecule has 1 rings (SSSR count). The second-order valence-electron chi connectivity index (χ2n) is 2.03. The van der Waals surface area contributed by atoms with Crippen LogP contribution in [0, 0.1) is 0 Å². The molecule has 0 aliphatic carbocycles. The van der Waals surface area contributed by atoms with Crippen LogP contribution in [0.5, 0.6) is 0 Å². The Bertz CT molecular complexity index is 264. The van der Waals surface area contributed by atoms with E-state index in [0.717, 1.165) is 0 Å². The first kappa shape index (κ1) is 9.14. The highest BCUT2D eigenvalue weighted by atomic mass is 32.2. The van der Waals surface area contributed by atoms with Crippen LogP contribution in [0.15, 0.2) is 5.16 Å². The highest BCUT2D eigenvalue weighted by Crippen LogP contribution is 2.12. The third kappa shape index (κ3) is 2.28. The summed E-state index contributed by atoms with van der Waals surface area (Å²) in [5.41, 5.74) is 0. The van der Waals surface area contributed by atoms with Gasteiger partial charge < -0.3 is 5.11 Å². The monoisotopic (exact) mass is 187 g/mol. The van der Waals surface area contributed by atoms with Crippen molar-refractivity contribution in [3.63, 3.8) is 0 Å².